The predicted molar refractivity (Wildman–Crippen MR) is 86.7 cm³/mol. The van der Waals surface area contributed by atoms with Crippen molar-refractivity contribution < 1.29 is 9.47 Å². The van der Waals surface area contributed by atoms with Crippen LogP contribution in [0.15, 0.2) is 24.3 Å². The molecule has 0 aliphatic carbocycles. The maximum atomic E-state index is 6.40. The Labute approximate surface area is 127 Å². The Hall–Kier alpha value is -0.450. The first kappa shape index (κ1) is 14.9. The standard InChI is InChI=1S/C14H17ClO2S2/c1-16-12-5-4-10(8-13(12)17-2)11(15)9-14-18-6-3-7-19-14/h4-5,8-9,14H,3,6-7H2,1-2H3/b11-9-. The molecule has 1 fully saturated rings. The lowest BCUT2D eigenvalue weighted by Gasteiger charge is -2.18. The molecule has 2 nitrogen and oxygen atoms in total. The molecule has 1 heterocycles. The number of halogens is 1. The Kier molecular flexibility index (Phi) is 5.79. The first-order chi connectivity index (χ1) is 9.24. The highest BCUT2D eigenvalue weighted by Crippen LogP contribution is 2.36. The molecule has 1 aliphatic heterocycles. The van der Waals surface area contributed by atoms with E-state index in [0.717, 1.165) is 16.3 Å². The van der Waals surface area contributed by atoms with E-state index in [1.54, 1.807) is 14.2 Å². The summed E-state index contributed by atoms with van der Waals surface area (Å²) in [6.45, 7) is 0. The highest BCUT2D eigenvalue weighted by Gasteiger charge is 2.14. The van der Waals surface area contributed by atoms with Crippen molar-refractivity contribution in [1.29, 1.82) is 0 Å². The van der Waals surface area contributed by atoms with Gasteiger partial charge in [-0.15, -0.1) is 23.5 Å². The van der Waals surface area contributed by atoms with Gasteiger partial charge in [-0.05, 0) is 47.8 Å². The van der Waals surface area contributed by atoms with Crippen LogP contribution in [-0.2, 0) is 0 Å². The van der Waals surface area contributed by atoms with Gasteiger partial charge < -0.3 is 9.47 Å². The van der Waals surface area contributed by atoms with Gasteiger partial charge >= 0.3 is 0 Å². The fraction of sp³-hybridized carbons (Fsp3) is 0.429. The van der Waals surface area contributed by atoms with Crippen molar-refractivity contribution >= 4 is 40.2 Å². The quantitative estimate of drug-likeness (QED) is 0.815. The maximum Gasteiger partial charge on any atom is 0.161 e. The van der Waals surface area contributed by atoms with Crippen LogP contribution in [0.5, 0.6) is 11.5 Å². The summed E-state index contributed by atoms with van der Waals surface area (Å²) in [5, 5.41) is 0.771. The van der Waals surface area contributed by atoms with Crippen LogP contribution in [0.1, 0.15) is 12.0 Å². The minimum Gasteiger partial charge on any atom is -0.493 e. The number of rotatable bonds is 4. The number of hydrogen-bond acceptors (Lipinski definition) is 4. The molecule has 5 heteroatoms. The molecule has 0 amide bonds. The summed E-state index contributed by atoms with van der Waals surface area (Å²) in [7, 11) is 3.26. The maximum absolute atomic E-state index is 6.40. The molecule has 104 valence electrons. The van der Waals surface area contributed by atoms with Crippen molar-refractivity contribution in [3.63, 3.8) is 0 Å². The Morgan fingerprint density at radius 3 is 2.53 bits per heavy atom. The summed E-state index contributed by atoms with van der Waals surface area (Å²) < 4.78 is 11.0. The molecule has 0 saturated carbocycles. The largest absolute Gasteiger partial charge is 0.493 e. The van der Waals surface area contributed by atoms with Gasteiger partial charge in [-0.2, -0.15) is 0 Å². The van der Waals surface area contributed by atoms with Crippen LogP contribution in [0.3, 0.4) is 0 Å². The summed E-state index contributed by atoms with van der Waals surface area (Å²) >= 11 is 10.3. The molecule has 0 bridgehead atoms. The van der Waals surface area contributed by atoms with Crippen LogP contribution in [0.25, 0.3) is 5.03 Å². The average Bonchev–Trinajstić information content (AvgIpc) is 2.47. The monoisotopic (exact) mass is 316 g/mol. The van der Waals surface area contributed by atoms with Gasteiger partial charge in [-0.3, -0.25) is 0 Å². The van der Waals surface area contributed by atoms with E-state index < -0.39 is 0 Å². The number of benzene rings is 1. The van der Waals surface area contributed by atoms with E-state index in [2.05, 4.69) is 6.08 Å². The minimum atomic E-state index is 0.453. The second-order valence-electron chi connectivity index (χ2n) is 4.05. The molecule has 0 radical (unpaired) electrons. The van der Waals surface area contributed by atoms with E-state index in [1.807, 2.05) is 41.7 Å². The summed E-state index contributed by atoms with van der Waals surface area (Å²) in [5.74, 6) is 3.85. The van der Waals surface area contributed by atoms with Crippen LogP contribution in [-0.4, -0.2) is 30.3 Å². The fourth-order valence-corrected chi connectivity index (χ4v) is 4.89. The van der Waals surface area contributed by atoms with E-state index in [1.165, 1.54) is 17.9 Å². The lowest BCUT2D eigenvalue weighted by Crippen LogP contribution is -2.03. The van der Waals surface area contributed by atoms with Gasteiger partial charge in [-0.25, -0.2) is 0 Å². The Bertz CT molecular complexity index is 457. The van der Waals surface area contributed by atoms with Crippen molar-refractivity contribution in [2.75, 3.05) is 25.7 Å². The van der Waals surface area contributed by atoms with Crippen LogP contribution < -0.4 is 9.47 Å². The molecule has 1 aromatic rings. The highest BCUT2D eigenvalue weighted by atomic mass is 35.5. The summed E-state index contributed by atoms with van der Waals surface area (Å²) in [6, 6.07) is 5.75. The molecule has 0 unspecified atom stereocenters. The van der Waals surface area contributed by atoms with E-state index in [0.29, 0.717) is 10.3 Å². The zero-order valence-electron chi connectivity index (χ0n) is 11.0. The molecular weight excluding hydrogens is 300 g/mol. The minimum absolute atomic E-state index is 0.453. The molecule has 0 N–H and O–H groups in total. The van der Waals surface area contributed by atoms with Crippen molar-refractivity contribution in [1.82, 2.24) is 0 Å². The van der Waals surface area contributed by atoms with Gasteiger partial charge in [0.1, 0.15) is 0 Å². The molecule has 0 aromatic heterocycles. The molecule has 0 atom stereocenters. The van der Waals surface area contributed by atoms with Gasteiger partial charge in [0.2, 0.25) is 0 Å². The zero-order valence-corrected chi connectivity index (χ0v) is 13.4. The van der Waals surface area contributed by atoms with Gasteiger partial charge in [0.15, 0.2) is 11.5 Å². The first-order valence-electron chi connectivity index (χ1n) is 6.07. The first-order valence-corrected chi connectivity index (χ1v) is 8.55. The smallest absolute Gasteiger partial charge is 0.161 e. The summed E-state index contributed by atoms with van der Waals surface area (Å²) in [4.78, 5) is 0. The third-order valence-corrected chi connectivity index (χ3v) is 5.93. The second-order valence-corrected chi connectivity index (χ2v) is 7.25. The van der Waals surface area contributed by atoms with Crippen molar-refractivity contribution in [2.45, 2.75) is 11.0 Å². The third-order valence-electron chi connectivity index (χ3n) is 2.79. The second kappa shape index (κ2) is 7.36. The third kappa shape index (κ3) is 4.01. The normalized spacial score (nSPS) is 17.3. The number of ether oxygens (including phenoxy) is 2. The lowest BCUT2D eigenvalue weighted by atomic mass is 10.2. The molecule has 19 heavy (non-hydrogen) atoms. The van der Waals surface area contributed by atoms with Gasteiger partial charge in [0.25, 0.3) is 0 Å². The van der Waals surface area contributed by atoms with E-state index in [-0.39, 0.29) is 0 Å². The number of methoxy groups -OCH3 is 2. The average molecular weight is 317 g/mol. The Morgan fingerprint density at radius 2 is 1.89 bits per heavy atom. The number of hydrogen-bond donors (Lipinski definition) is 0. The SMILES string of the molecule is COc1ccc(/C(Cl)=C/C2SCCCS2)cc1OC. The van der Waals surface area contributed by atoms with Crippen molar-refractivity contribution in [3.05, 3.63) is 29.8 Å². The lowest BCUT2D eigenvalue weighted by molar-refractivity contribution is 0.355. The highest BCUT2D eigenvalue weighted by molar-refractivity contribution is 8.17. The van der Waals surface area contributed by atoms with Crippen molar-refractivity contribution in [2.24, 2.45) is 0 Å². The summed E-state index contributed by atoms with van der Waals surface area (Å²) in [6.07, 6.45) is 3.41. The van der Waals surface area contributed by atoms with Gasteiger partial charge in [-0.1, -0.05) is 11.6 Å². The molecule has 1 aromatic carbocycles. The fourth-order valence-electron chi connectivity index (χ4n) is 1.80. The Balaban J connectivity index is 2.18. The molecular formula is C14H17ClO2S2. The van der Waals surface area contributed by atoms with Crippen LogP contribution in [0, 0.1) is 0 Å². The summed E-state index contributed by atoms with van der Waals surface area (Å²) in [5.41, 5.74) is 0.964. The van der Waals surface area contributed by atoms with Crippen molar-refractivity contribution in [3.8, 4) is 11.5 Å². The molecule has 2 rings (SSSR count). The zero-order chi connectivity index (χ0) is 13.7. The van der Waals surface area contributed by atoms with E-state index in [4.69, 9.17) is 21.1 Å². The van der Waals surface area contributed by atoms with Gasteiger partial charge in [0.05, 0.1) is 18.8 Å². The number of thioether (sulfide) groups is 2. The molecule has 1 aliphatic rings. The van der Waals surface area contributed by atoms with Crippen LogP contribution >= 0.6 is 35.1 Å². The van der Waals surface area contributed by atoms with E-state index >= 15 is 0 Å². The van der Waals surface area contributed by atoms with E-state index in [9.17, 15) is 0 Å². The molecule has 1 saturated heterocycles. The molecule has 0 spiro atoms. The van der Waals surface area contributed by atoms with Crippen LogP contribution in [0.2, 0.25) is 0 Å². The topological polar surface area (TPSA) is 18.5 Å². The van der Waals surface area contributed by atoms with Crippen LogP contribution in [0.4, 0.5) is 0 Å². The van der Waals surface area contributed by atoms with Gasteiger partial charge in [0, 0.05) is 5.03 Å². The predicted octanol–water partition coefficient (Wildman–Crippen LogP) is 4.48. The Morgan fingerprint density at radius 1 is 1.21 bits per heavy atom.